The van der Waals surface area contributed by atoms with E-state index in [0.717, 1.165) is 21.9 Å². The molecule has 0 fully saturated rings. The van der Waals surface area contributed by atoms with E-state index in [2.05, 4.69) is 11.4 Å². The zero-order valence-electron chi connectivity index (χ0n) is 16.7. The second kappa shape index (κ2) is 9.05. The van der Waals surface area contributed by atoms with Crippen LogP contribution in [0.1, 0.15) is 16.7 Å². The number of nitrogens with one attached hydrogen (secondary N) is 1. The first-order valence-corrected chi connectivity index (χ1v) is 9.87. The monoisotopic (exact) mass is 408 g/mol. The lowest BCUT2D eigenvalue weighted by Crippen LogP contribution is -2.23. The number of hydrogen-bond acceptors (Lipinski definition) is 3. The first-order valence-electron chi connectivity index (χ1n) is 9.87. The highest BCUT2D eigenvalue weighted by atomic mass is 16.6. The van der Waals surface area contributed by atoms with Gasteiger partial charge in [-0.15, -0.1) is 0 Å². The van der Waals surface area contributed by atoms with Gasteiger partial charge in [-0.2, -0.15) is 0 Å². The summed E-state index contributed by atoms with van der Waals surface area (Å²) in [6, 6.07) is 29.7. The van der Waals surface area contributed by atoms with Gasteiger partial charge in [-0.05, 0) is 39.6 Å². The molecule has 31 heavy (non-hydrogen) atoms. The summed E-state index contributed by atoms with van der Waals surface area (Å²) in [7, 11) is 0. The number of carbonyl (C=O) groups is 1. The van der Waals surface area contributed by atoms with Crippen LogP contribution in [0, 0.1) is 10.1 Å². The zero-order valence-corrected chi connectivity index (χ0v) is 16.7. The number of nitrogens with zero attached hydrogens (tertiary/aromatic N) is 1. The van der Waals surface area contributed by atoms with Gasteiger partial charge in [0, 0.05) is 24.3 Å². The minimum absolute atomic E-state index is 0.0160. The molecule has 1 amide bonds. The SMILES string of the molecule is O=C(NCc1ccc2ccccc2c1)/C(=C/c1cccc([N+](=O)[O-])c1)c1ccccc1. The molecule has 0 spiro atoms. The summed E-state index contributed by atoms with van der Waals surface area (Å²) in [5.74, 6) is -0.245. The predicted octanol–water partition coefficient (Wildman–Crippen LogP) is 5.61. The Morgan fingerprint density at radius 3 is 2.35 bits per heavy atom. The number of rotatable bonds is 6. The highest BCUT2D eigenvalue weighted by Crippen LogP contribution is 2.22. The molecule has 0 saturated carbocycles. The standard InChI is InChI=1S/C26H20N2O3/c29-26(27-18-20-13-14-21-8-4-5-11-23(21)15-20)25(22-9-2-1-3-10-22)17-19-7-6-12-24(16-19)28(30)31/h1-17H,18H2,(H,27,29)/b25-17+. The number of fused-ring (bicyclic) bond motifs is 1. The molecule has 1 N–H and O–H groups in total. The van der Waals surface area contributed by atoms with E-state index in [1.165, 1.54) is 12.1 Å². The Morgan fingerprint density at radius 1 is 0.839 bits per heavy atom. The summed E-state index contributed by atoms with van der Waals surface area (Å²) in [6.45, 7) is 0.378. The van der Waals surface area contributed by atoms with Crippen LogP contribution in [0.15, 0.2) is 97.1 Å². The minimum atomic E-state index is -0.445. The van der Waals surface area contributed by atoms with Gasteiger partial charge in [-0.3, -0.25) is 14.9 Å². The molecule has 0 saturated heterocycles. The predicted molar refractivity (Wildman–Crippen MR) is 123 cm³/mol. The molecule has 0 heterocycles. The molecule has 0 aliphatic rings. The van der Waals surface area contributed by atoms with E-state index >= 15 is 0 Å². The van der Waals surface area contributed by atoms with Crippen molar-refractivity contribution >= 4 is 34.0 Å². The average molecular weight is 408 g/mol. The lowest BCUT2D eigenvalue weighted by molar-refractivity contribution is -0.384. The van der Waals surface area contributed by atoms with Crippen molar-refractivity contribution in [2.75, 3.05) is 0 Å². The smallest absolute Gasteiger partial charge is 0.270 e. The van der Waals surface area contributed by atoms with Gasteiger partial charge in [0.1, 0.15) is 0 Å². The molecule has 0 aromatic heterocycles. The Hall–Kier alpha value is -4.25. The van der Waals surface area contributed by atoms with Crippen LogP contribution in [0.25, 0.3) is 22.4 Å². The van der Waals surface area contributed by atoms with Crippen LogP contribution in [0.2, 0.25) is 0 Å². The molecular weight excluding hydrogens is 388 g/mol. The van der Waals surface area contributed by atoms with Crippen molar-refractivity contribution in [3.05, 3.63) is 124 Å². The summed E-state index contributed by atoms with van der Waals surface area (Å²) >= 11 is 0. The van der Waals surface area contributed by atoms with Gasteiger partial charge in [-0.1, -0.05) is 78.9 Å². The molecule has 4 aromatic carbocycles. The fraction of sp³-hybridized carbons (Fsp3) is 0.0385. The quantitative estimate of drug-likeness (QED) is 0.195. The fourth-order valence-corrected chi connectivity index (χ4v) is 3.42. The van der Waals surface area contributed by atoms with Crippen molar-refractivity contribution < 1.29 is 9.72 Å². The Kier molecular flexibility index (Phi) is 5.85. The Morgan fingerprint density at radius 2 is 1.58 bits per heavy atom. The van der Waals surface area contributed by atoms with Crippen LogP contribution >= 0.6 is 0 Å². The normalized spacial score (nSPS) is 11.3. The third-order valence-electron chi connectivity index (χ3n) is 4.99. The van der Waals surface area contributed by atoms with Crippen molar-refractivity contribution in [1.29, 1.82) is 0 Å². The van der Waals surface area contributed by atoms with E-state index < -0.39 is 4.92 Å². The molecule has 0 aliphatic heterocycles. The Balaban J connectivity index is 1.61. The third-order valence-corrected chi connectivity index (χ3v) is 4.99. The Labute approximate surface area is 179 Å². The van der Waals surface area contributed by atoms with Crippen molar-refractivity contribution in [2.24, 2.45) is 0 Å². The summed E-state index contributed by atoms with van der Waals surface area (Å²) in [4.78, 5) is 23.7. The molecule has 0 unspecified atom stereocenters. The second-order valence-corrected chi connectivity index (χ2v) is 7.14. The van der Waals surface area contributed by atoms with Gasteiger partial charge >= 0.3 is 0 Å². The number of nitro benzene ring substituents is 1. The highest BCUT2D eigenvalue weighted by molar-refractivity contribution is 6.24. The third kappa shape index (κ3) is 4.85. The van der Waals surface area contributed by atoms with Crippen molar-refractivity contribution in [1.82, 2.24) is 5.32 Å². The van der Waals surface area contributed by atoms with Crippen LogP contribution in [0.4, 0.5) is 5.69 Å². The van der Waals surface area contributed by atoms with E-state index in [1.54, 1.807) is 18.2 Å². The number of nitro groups is 1. The molecule has 152 valence electrons. The lowest BCUT2D eigenvalue weighted by atomic mass is 10.0. The van der Waals surface area contributed by atoms with Gasteiger partial charge in [0.15, 0.2) is 0 Å². The van der Waals surface area contributed by atoms with Gasteiger partial charge in [0.2, 0.25) is 0 Å². The largest absolute Gasteiger partial charge is 0.348 e. The van der Waals surface area contributed by atoms with E-state index in [4.69, 9.17) is 0 Å². The van der Waals surface area contributed by atoms with Crippen molar-refractivity contribution in [3.8, 4) is 0 Å². The molecule has 0 aliphatic carbocycles. The first kappa shape index (κ1) is 20.0. The summed E-state index contributed by atoms with van der Waals surface area (Å²) in [5, 5.41) is 16.3. The first-order chi connectivity index (χ1) is 15.1. The van der Waals surface area contributed by atoms with Crippen molar-refractivity contribution in [3.63, 3.8) is 0 Å². The van der Waals surface area contributed by atoms with E-state index in [0.29, 0.717) is 17.7 Å². The molecule has 0 atom stereocenters. The molecule has 5 heteroatoms. The number of hydrogen-bond donors (Lipinski definition) is 1. The highest BCUT2D eigenvalue weighted by Gasteiger charge is 2.13. The van der Waals surface area contributed by atoms with Crippen LogP contribution in [0.5, 0.6) is 0 Å². The van der Waals surface area contributed by atoms with E-state index in [9.17, 15) is 14.9 Å². The maximum atomic E-state index is 13.1. The van der Waals surface area contributed by atoms with Gasteiger partial charge in [0.25, 0.3) is 11.6 Å². The van der Waals surface area contributed by atoms with E-state index in [1.807, 2.05) is 66.7 Å². The second-order valence-electron chi connectivity index (χ2n) is 7.14. The van der Waals surface area contributed by atoms with Gasteiger partial charge < -0.3 is 5.32 Å². The topological polar surface area (TPSA) is 72.2 Å². The summed E-state index contributed by atoms with van der Waals surface area (Å²) in [5.41, 5.74) is 2.76. The van der Waals surface area contributed by atoms with Gasteiger partial charge in [0.05, 0.1) is 4.92 Å². The zero-order chi connectivity index (χ0) is 21.6. The maximum Gasteiger partial charge on any atom is 0.270 e. The molecule has 4 rings (SSSR count). The molecule has 0 radical (unpaired) electrons. The summed E-state index contributed by atoms with van der Waals surface area (Å²) < 4.78 is 0. The fourth-order valence-electron chi connectivity index (χ4n) is 3.42. The number of non-ortho nitro benzene ring substituents is 1. The molecule has 0 bridgehead atoms. The number of benzene rings is 4. The van der Waals surface area contributed by atoms with Crippen LogP contribution in [0.3, 0.4) is 0 Å². The molecule has 5 nitrogen and oxygen atoms in total. The Bertz CT molecular complexity index is 1280. The lowest BCUT2D eigenvalue weighted by Gasteiger charge is -2.11. The average Bonchev–Trinajstić information content (AvgIpc) is 2.81. The van der Waals surface area contributed by atoms with Crippen LogP contribution in [-0.4, -0.2) is 10.8 Å². The summed E-state index contributed by atoms with van der Waals surface area (Å²) in [6.07, 6.45) is 1.68. The molecule has 4 aromatic rings. The van der Waals surface area contributed by atoms with E-state index in [-0.39, 0.29) is 11.6 Å². The molecular formula is C26H20N2O3. The van der Waals surface area contributed by atoms with Crippen LogP contribution < -0.4 is 5.32 Å². The number of amides is 1. The van der Waals surface area contributed by atoms with Crippen LogP contribution in [-0.2, 0) is 11.3 Å². The maximum absolute atomic E-state index is 13.1. The number of carbonyl (C=O) groups excluding carboxylic acids is 1. The van der Waals surface area contributed by atoms with Gasteiger partial charge in [-0.25, -0.2) is 0 Å². The van der Waals surface area contributed by atoms with Crippen molar-refractivity contribution in [2.45, 2.75) is 6.54 Å². The minimum Gasteiger partial charge on any atom is -0.348 e.